The number of aryl methyl sites for hydroxylation is 1. The van der Waals surface area contributed by atoms with Crippen LogP contribution in [0.4, 0.5) is 0 Å². The number of thioether (sulfide) groups is 1. The molecule has 17 heavy (non-hydrogen) atoms. The Morgan fingerprint density at radius 1 is 1.29 bits per heavy atom. The molecular weight excluding hydrogens is 234 g/mol. The van der Waals surface area contributed by atoms with E-state index >= 15 is 0 Å². The van der Waals surface area contributed by atoms with E-state index in [1.54, 1.807) is 11.8 Å². The van der Waals surface area contributed by atoms with Crippen molar-refractivity contribution in [1.82, 2.24) is 14.8 Å². The molecule has 0 aromatic carbocycles. The molecule has 0 radical (unpaired) electrons. The van der Waals surface area contributed by atoms with Crippen LogP contribution in [0.25, 0.3) is 0 Å². The van der Waals surface area contributed by atoms with Crippen LogP contribution in [0.15, 0.2) is 5.16 Å². The second-order valence-electron chi connectivity index (χ2n) is 4.59. The van der Waals surface area contributed by atoms with Gasteiger partial charge >= 0.3 is 0 Å². The van der Waals surface area contributed by atoms with Gasteiger partial charge < -0.3 is 9.67 Å². The molecule has 0 atom stereocenters. The third kappa shape index (κ3) is 3.01. The van der Waals surface area contributed by atoms with E-state index in [0.29, 0.717) is 6.04 Å². The van der Waals surface area contributed by atoms with Crippen LogP contribution in [0.2, 0.25) is 0 Å². The Labute approximate surface area is 107 Å². The standard InChI is InChI=1S/C12H21N3OS/c1-17-12-14-13-11(8-5-9-16)15(12)10-6-3-2-4-7-10/h10,16H,2-9H2,1H3. The van der Waals surface area contributed by atoms with Crippen LogP contribution < -0.4 is 0 Å². The fraction of sp³-hybridized carbons (Fsp3) is 0.833. The highest BCUT2D eigenvalue weighted by Crippen LogP contribution is 2.32. The monoisotopic (exact) mass is 255 g/mol. The molecule has 0 amide bonds. The highest BCUT2D eigenvalue weighted by atomic mass is 32.2. The summed E-state index contributed by atoms with van der Waals surface area (Å²) < 4.78 is 2.32. The molecule has 1 fully saturated rings. The summed E-state index contributed by atoms with van der Waals surface area (Å²) in [6.07, 6.45) is 10.2. The van der Waals surface area contributed by atoms with Gasteiger partial charge in [-0.25, -0.2) is 0 Å². The molecule has 0 unspecified atom stereocenters. The summed E-state index contributed by atoms with van der Waals surface area (Å²) in [7, 11) is 0. The predicted molar refractivity (Wildman–Crippen MR) is 69.3 cm³/mol. The van der Waals surface area contributed by atoms with E-state index in [2.05, 4.69) is 21.0 Å². The molecule has 1 aliphatic rings. The zero-order valence-electron chi connectivity index (χ0n) is 10.4. The quantitative estimate of drug-likeness (QED) is 0.821. The summed E-state index contributed by atoms with van der Waals surface area (Å²) in [5.74, 6) is 1.05. The lowest BCUT2D eigenvalue weighted by molar-refractivity contribution is 0.282. The molecule has 96 valence electrons. The molecule has 1 aromatic rings. The van der Waals surface area contributed by atoms with Gasteiger partial charge in [0.15, 0.2) is 5.16 Å². The number of rotatable bonds is 5. The van der Waals surface area contributed by atoms with Gasteiger partial charge in [-0.3, -0.25) is 0 Å². The topological polar surface area (TPSA) is 50.9 Å². The second-order valence-corrected chi connectivity index (χ2v) is 5.37. The Balaban J connectivity index is 2.17. The molecule has 0 saturated heterocycles. The van der Waals surface area contributed by atoms with Crippen molar-refractivity contribution < 1.29 is 5.11 Å². The maximum atomic E-state index is 8.93. The minimum absolute atomic E-state index is 0.228. The normalized spacial score (nSPS) is 17.5. The minimum Gasteiger partial charge on any atom is -0.396 e. The van der Waals surface area contributed by atoms with Crippen molar-refractivity contribution in [1.29, 1.82) is 0 Å². The highest BCUT2D eigenvalue weighted by molar-refractivity contribution is 7.98. The third-order valence-corrected chi connectivity index (χ3v) is 4.06. The van der Waals surface area contributed by atoms with Crippen LogP contribution in [-0.2, 0) is 6.42 Å². The Morgan fingerprint density at radius 3 is 2.71 bits per heavy atom. The fourth-order valence-electron chi connectivity index (χ4n) is 2.56. The zero-order chi connectivity index (χ0) is 12.1. The van der Waals surface area contributed by atoms with Crippen LogP contribution in [0, 0.1) is 0 Å². The highest BCUT2D eigenvalue weighted by Gasteiger charge is 2.21. The Morgan fingerprint density at radius 2 is 2.06 bits per heavy atom. The van der Waals surface area contributed by atoms with Crippen molar-refractivity contribution >= 4 is 11.8 Å². The average Bonchev–Trinajstić information content (AvgIpc) is 2.80. The molecule has 1 saturated carbocycles. The minimum atomic E-state index is 0.228. The Bertz CT molecular complexity index is 348. The summed E-state index contributed by atoms with van der Waals surface area (Å²) in [5, 5.41) is 18.5. The molecular formula is C12H21N3OS. The molecule has 0 spiro atoms. The van der Waals surface area contributed by atoms with Crippen LogP contribution in [0.1, 0.15) is 50.4 Å². The Kier molecular flexibility index (Phi) is 4.86. The third-order valence-electron chi connectivity index (χ3n) is 3.42. The average molecular weight is 255 g/mol. The number of nitrogens with zero attached hydrogens (tertiary/aromatic N) is 3. The van der Waals surface area contributed by atoms with E-state index in [-0.39, 0.29) is 6.61 Å². The van der Waals surface area contributed by atoms with Gasteiger partial charge in [-0.15, -0.1) is 10.2 Å². The number of hydrogen-bond donors (Lipinski definition) is 1. The van der Waals surface area contributed by atoms with E-state index in [1.165, 1.54) is 32.1 Å². The van der Waals surface area contributed by atoms with Gasteiger partial charge in [-0.05, 0) is 25.5 Å². The van der Waals surface area contributed by atoms with E-state index in [4.69, 9.17) is 5.11 Å². The number of hydrogen-bond acceptors (Lipinski definition) is 4. The first-order chi connectivity index (χ1) is 8.36. The lowest BCUT2D eigenvalue weighted by Gasteiger charge is -2.25. The van der Waals surface area contributed by atoms with E-state index in [0.717, 1.165) is 23.8 Å². The van der Waals surface area contributed by atoms with Crippen LogP contribution in [-0.4, -0.2) is 32.7 Å². The first-order valence-electron chi connectivity index (χ1n) is 6.45. The zero-order valence-corrected chi connectivity index (χ0v) is 11.2. The van der Waals surface area contributed by atoms with Gasteiger partial charge in [0.25, 0.3) is 0 Å². The van der Waals surface area contributed by atoms with Crippen molar-refractivity contribution in [3.8, 4) is 0 Å². The summed E-state index contributed by atoms with van der Waals surface area (Å²) in [6.45, 7) is 0.228. The summed E-state index contributed by atoms with van der Waals surface area (Å²) >= 11 is 1.67. The van der Waals surface area contributed by atoms with Crippen molar-refractivity contribution in [3.05, 3.63) is 5.82 Å². The predicted octanol–water partition coefficient (Wildman–Crippen LogP) is 2.43. The first-order valence-corrected chi connectivity index (χ1v) is 7.68. The van der Waals surface area contributed by atoms with Crippen molar-refractivity contribution in [2.75, 3.05) is 12.9 Å². The SMILES string of the molecule is CSc1nnc(CCCO)n1C1CCCCC1. The van der Waals surface area contributed by atoms with Gasteiger partial charge in [-0.2, -0.15) is 0 Å². The molecule has 5 heteroatoms. The molecule has 0 bridgehead atoms. The van der Waals surface area contributed by atoms with Gasteiger partial charge in [0.05, 0.1) is 0 Å². The summed E-state index contributed by atoms with van der Waals surface area (Å²) in [6, 6.07) is 0.579. The fourth-order valence-corrected chi connectivity index (χ4v) is 3.13. The number of aliphatic hydroxyl groups excluding tert-OH is 1. The summed E-state index contributed by atoms with van der Waals surface area (Å²) in [5.41, 5.74) is 0. The largest absolute Gasteiger partial charge is 0.396 e. The molecule has 2 rings (SSSR count). The molecule has 1 aromatic heterocycles. The lowest BCUT2D eigenvalue weighted by Crippen LogP contribution is -2.16. The molecule has 4 nitrogen and oxygen atoms in total. The van der Waals surface area contributed by atoms with Gasteiger partial charge in [0.2, 0.25) is 0 Å². The second kappa shape index (κ2) is 6.40. The smallest absolute Gasteiger partial charge is 0.191 e. The lowest BCUT2D eigenvalue weighted by atomic mass is 9.95. The number of aliphatic hydroxyl groups is 1. The maximum absolute atomic E-state index is 8.93. The van der Waals surface area contributed by atoms with Crippen LogP contribution in [0.5, 0.6) is 0 Å². The van der Waals surface area contributed by atoms with Gasteiger partial charge in [0.1, 0.15) is 5.82 Å². The van der Waals surface area contributed by atoms with Gasteiger partial charge in [0, 0.05) is 19.1 Å². The van der Waals surface area contributed by atoms with E-state index in [1.807, 2.05) is 0 Å². The maximum Gasteiger partial charge on any atom is 0.191 e. The van der Waals surface area contributed by atoms with Crippen molar-refractivity contribution in [2.45, 2.75) is 56.1 Å². The summed E-state index contributed by atoms with van der Waals surface area (Å²) in [4.78, 5) is 0. The van der Waals surface area contributed by atoms with Crippen LogP contribution >= 0.6 is 11.8 Å². The molecule has 1 heterocycles. The molecule has 1 aliphatic carbocycles. The van der Waals surface area contributed by atoms with E-state index in [9.17, 15) is 0 Å². The van der Waals surface area contributed by atoms with Gasteiger partial charge in [-0.1, -0.05) is 31.0 Å². The first kappa shape index (κ1) is 12.9. The van der Waals surface area contributed by atoms with Crippen molar-refractivity contribution in [3.63, 3.8) is 0 Å². The molecule has 1 N–H and O–H groups in total. The van der Waals surface area contributed by atoms with Crippen molar-refractivity contribution in [2.24, 2.45) is 0 Å². The number of aromatic nitrogens is 3. The Hall–Kier alpha value is -0.550. The van der Waals surface area contributed by atoms with Crippen LogP contribution in [0.3, 0.4) is 0 Å². The van der Waals surface area contributed by atoms with E-state index < -0.39 is 0 Å². The molecule has 0 aliphatic heterocycles.